The Bertz CT molecular complexity index is 451. The zero-order valence-electron chi connectivity index (χ0n) is 8.20. The number of nitrogens with one attached hydrogen (secondary N) is 1. The second kappa shape index (κ2) is 5.95. The van der Waals surface area contributed by atoms with Gasteiger partial charge in [-0.25, -0.2) is 9.78 Å². The Morgan fingerprint density at radius 1 is 1.50 bits per heavy atom. The monoisotopic (exact) mass is 240 g/mol. The molecule has 0 fully saturated rings. The van der Waals surface area contributed by atoms with E-state index in [-0.39, 0.29) is 23.9 Å². The van der Waals surface area contributed by atoms with E-state index in [1.807, 2.05) is 0 Å². The van der Waals surface area contributed by atoms with Gasteiger partial charge >= 0.3 is 5.97 Å². The van der Waals surface area contributed by atoms with Crippen molar-refractivity contribution in [3.05, 3.63) is 22.8 Å². The summed E-state index contributed by atoms with van der Waals surface area (Å²) >= 11 is 5.64. The first-order valence-electron chi connectivity index (χ1n) is 4.35. The minimum atomic E-state index is -1.19. The number of carboxylic acids is 1. The van der Waals surface area contributed by atoms with Crippen molar-refractivity contribution in [3.63, 3.8) is 0 Å². The number of anilines is 1. The van der Waals surface area contributed by atoms with E-state index in [0.717, 1.165) is 0 Å². The molecule has 0 radical (unpaired) electrons. The number of aliphatic hydroxyl groups is 1. The van der Waals surface area contributed by atoms with Crippen LogP contribution in [0.4, 0.5) is 5.82 Å². The van der Waals surface area contributed by atoms with Crippen LogP contribution in [0.25, 0.3) is 0 Å². The van der Waals surface area contributed by atoms with Crippen LogP contribution in [0.5, 0.6) is 0 Å². The number of aliphatic hydroxyl groups excluding tert-OH is 1. The van der Waals surface area contributed by atoms with E-state index in [1.165, 1.54) is 6.07 Å². The predicted octanol–water partition coefficient (Wildman–Crippen LogP) is 0.841. The number of rotatable bonds is 3. The van der Waals surface area contributed by atoms with Gasteiger partial charge in [-0.2, -0.15) is 0 Å². The third-order valence-corrected chi connectivity index (χ3v) is 1.92. The van der Waals surface area contributed by atoms with E-state index in [0.29, 0.717) is 5.82 Å². The summed E-state index contributed by atoms with van der Waals surface area (Å²) in [5, 5.41) is 20.0. The number of aromatic carboxylic acids is 1. The number of nitrogens with zero attached hydrogens (tertiary/aromatic N) is 1. The lowest BCUT2D eigenvalue weighted by molar-refractivity contribution is 0.0691. The number of carbonyl (C=O) groups is 1. The third-order valence-electron chi connectivity index (χ3n) is 1.61. The molecule has 3 N–H and O–H groups in total. The average molecular weight is 241 g/mol. The number of pyridine rings is 1. The number of aromatic nitrogens is 1. The van der Waals surface area contributed by atoms with E-state index in [1.54, 1.807) is 6.07 Å². The van der Waals surface area contributed by atoms with Crippen molar-refractivity contribution in [2.75, 3.05) is 18.5 Å². The van der Waals surface area contributed by atoms with Gasteiger partial charge in [0, 0.05) is 0 Å². The zero-order chi connectivity index (χ0) is 12.0. The van der Waals surface area contributed by atoms with Gasteiger partial charge in [0.25, 0.3) is 0 Å². The molecule has 1 rings (SSSR count). The minimum absolute atomic E-state index is 0.0829. The fourth-order valence-corrected chi connectivity index (χ4v) is 1.13. The maximum absolute atomic E-state index is 10.7. The van der Waals surface area contributed by atoms with Crippen molar-refractivity contribution in [2.45, 2.75) is 0 Å². The third kappa shape index (κ3) is 3.42. The summed E-state index contributed by atoms with van der Waals surface area (Å²) in [5.74, 6) is 4.24. The van der Waals surface area contributed by atoms with E-state index >= 15 is 0 Å². The topological polar surface area (TPSA) is 82.5 Å². The van der Waals surface area contributed by atoms with Crippen LogP contribution in [0.3, 0.4) is 0 Å². The second-order valence-corrected chi connectivity index (χ2v) is 3.10. The van der Waals surface area contributed by atoms with E-state index in [2.05, 4.69) is 22.1 Å². The molecule has 0 aromatic carbocycles. The molecule has 1 aromatic rings. The lowest BCUT2D eigenvalue weighted by atomic mass is 10.3. The maximum atomic E-state index is 10.7. The van der Waals surface area contributed by atoms with E-state index in [9.17, 15) is 4.79 Å². The van der Waals surface area contributed by atoms with Crippen molar-refractivity contribution in [2.24, 2.45) is 0 Å². The molecule has 0 saturated heterocycles. The lowest BCUT2D eigenvalue weighted by Crippen LogP contribution is -2.06. The maximum Gasteiger partial charge on any atom is 0.356 e. The SMILES string of the molecule is O=C(O)c1nc(NCC#CCO)ccc1Cl. The summed E-state index contributed by atoms with van der Waals surface area (Å²) in [7, 11) is 0. The van der Waals surface area contributed by atoms with Gasteiger partial charge < -0.3 is 15.5 Å². The van der Waals surface area contributed by atoms with Gasteiger partial charge in [-0.1, -0.05) is 23.4 Å². The summed E-state index contributed by atoms with van der Waals surface area (Å²) < 4.78 is 0. The van der Waals surface area contributed by atoms with Crippen LogP contribution in [-0.2, 0) is 0 Å². The summed E-state index contributed by atoms with van der Waals surface area (Å²) in [6.45, 7) is 0.0599. The molecule has 1 aromatic heterocycles. The molecular formula is C10H9ClN2O3. The quantitative estimate of drug-likeness (QED) is 0.682. The van der Waals surface area contributed by atoms with Gasteiger partial charge in [0.1, 0.15) is 12.4 Å². The van der Waals surface area contributed by atoms with Crippen LogP contribution >= 0.6 is 11.6 Å². The lowest BCUT2D eigenvalue weighted by Gasteiger charge is -2.03. The van der Waals surface area contributed by atoms with Crippen LogP contribution in [-0.4, -0.2) is 34.3 Å². The molecule has 0 amide bonds. The molecule has 6 heteroatoms. The first-order chi connectivity index (χ1) is 7.65. The normalized spacial score (nSPS) is 9.12. The Morgan fingerprint density at radius 2 is 2.25 bits per heavy atom. The van der Waals surface area contributed by atoms with Crippen molar-refractivity contribution < 1.29 is 15.0 Å². The van der Waals surface area contributed by atoms with Gasteiger partial charge in [0.15, 0.2) is 5.69 Å². The number of hydrogen-bond acceptors (Lipinski definition) is 4. The predicted molar refractivity (Wildman–Crippen MR) is 59.6 cm³/mol. The molecule has 16 heavy (non-hydrogen) atoms. The standard InChI is InChI=1S/C10H9ClN2O3/c11-7-3-4-8(12-5-1-2-6-14)13-9(7)10(15)16/h3-4,14H,5-6H2,(H,12,13)(H,15,16). The number of hydrogen-bond donors (Lipinski definition) is 3. The summed E-state index contributed by atoms with van der Waals surface area (Å²) in [6, 6.07) is 3.00. The van der Waals surface area contributed by atoms with Gasteiger partial charge in [0.2, 0.25) is 0 Å². The van der Waals surface area contributed by atoms with Gasteiger partial charge in [0.05, 0.1) is 11.6 Å². The van der Waals surface area contributed by atoms with Crippen molar-refractivity contribution in [3.8, 4) is 11.8 Å². The molecule has 0 spiro atoms. The van der Waals surface area contributed by atoms with Crippen molar-refractivity contribution in [1.82, 2.24) is 4.98 Å². The van der Waals surface area contributed by atoms with Crippen LogP contribution in [0.1, 0.15) is 10.5 Å². The molecule has 0 bridgehead atoms. The molecular weight excluding hydrogens is 232 g/mol. The van der Waals surface area contributed by atoms with E-state index < -0.39 is 5.97 Å². The molecule has 0 atom stereocenters. The smallest absolute Gasteiger partial charge is 0.356 e. The van der Waals surface area contributed by atoms with Gasteiger partial charge in [-0.3, -0.25) is 0 Å². The van der Waals surface area contributed by atoms with Crippen LogP contribution in [0.15, 0.2) is 12.1 Å². The highest BCUT2D eigenvalue weighted by molar-refractivity contribution is 6.33. The highest BCUT2D eigenvalue weighted by atomic mass is 35.5. The van der Waals surface area contributed by atoms with Gasteiger partial charge in [-0.05, 0) is 12.1 Å². The second-order valence-electron chi connectivity index (χ2n) is 2.70. The molecule has 0 aliphatic rings. The fourth-order valence-electron chi connectivity index (χ4n) is 0.944. The Kier molecular flexibility index (Phi) is 4.58. The molecule has 0 aliphatic heterocycles. The Balaban J connectivity index is 2.75. The largest absolute Gasteiger partial charge is 0.476 e. The molecule has 1 heterocycles. The van der Waals surface area contributed by atoms with Gasteiger partial charge in [-0.15, -0.1) is 0 Å². The van der Waals surface area contributed by atoms with Crippen molar-refractivity contribution in [1.29, 1.82) is 0 Å². The summed E-state index contributed by atoms with van der Waals surface area (Å²) in [4.78, 5) is 14.5. The van der Waals surface area contributed by atoms with E-state index in [4.69, 9.17) is 21.8 Å². The Hall–Kier alpha value is -1.77. The van der Waals surface area contributed by atoms with Crippen LogP contribution in [0.2, 0.25) is 5.02 Å². The Morgan fingerprint density at radius 3 is 2.88 bits per heavy atom. The van der Waals surface area contributed by atoms with Crippen molar-refractivity contribution >= 4 is 23.4 Å². The highest BCUT2D eigenvalue weighted by Crippen LogP contribution is 2.16. The molecule has 84 valence electrons. The molecule has 0 saturated carbocycles. The number of halogens is 1. The Labute approximate surface area is 97.1 Å². The molecule has 0 aliphatic carbocycles. The number of carboxylic acid groups (broad SMARTS) is 1. The highest BCUT2D eigenvalue weighted by Gasteiger charge is 2.10. The fraction of sp³-hybridized carbons (Fsp3) is 0.200. The molecule has 0 unspecified atom stereocenters. The summed E-state index contributed by atoms with van der Waals surface area (Å²) in [6.07, 6.45) is 0. The first kappa shape index (κ1) is 12.3. The average Bonchev–Trinajstić information content (AvgIpc) is 2.26. The van der Waals surface area contributed by atoms with Crippen LogP contribution < -0.4 is 5.32 Å². The molecule has 5 nitrogen and oxygen atoms in total. The van der Waals surface area contributed by atoms with Crippen LogP contribution in [0, 0.1) is 11.8 Å². The minimum Gasteiger partial charge on any atom is -0.476 e. The zero-order valence-corrected chi connectivity index (χ0v) is 8.95. The summed E-state index contributed by atoms with van der Waals surface area (Å²) in [5.41, 5.74) is -0.207. The first-order valence-corrected chi connectivity index (χ1v) is 4.73.